The Morgan fingerprint density at radius 2 is 1.30 bits per heavy atom. The van der Waals surface area contributed by atoms with Crippen molar-refractivity contribution in [2.45, 2.75) is 52.6 Å². The van der Waals surface area contributed by atoms with Gasteiger partial charge in [-0.15, -0.1) is 0 Å². The van der Waals surface area contributed by atoms with Crippen molar-refractivity contribution in [2.24, 2.45) is 0 Å². The molecule has 3 aromatic rings. The lowest BCUT2D eigenvalue weighted by molar-refractivity contribution is 0.0279. The molecule has 1 atom stereocenters. The molecule has 3 heteroatoms. The topological polar surface area (TPSA) is 32.7 Å². The maximum atomic E-state index is 11.9. The predicted octanol–water partition coefficient (Wildman–Crippen LogP) is 6.09. The van der Waals surface area contributed by atoms with Crippen LogP contribution in [0.5, 0.6) is 5.75 Å². The van der Waals surface area contributed by atoms with Gasteiger partial charge in [-0.3, -0.25) is 0 Å². The molecule has 0 saturated heterocycles. The van der Waals surface area contributed by atoms with Gasteiger partial charge in [0.1, 0.15) is 12.4 Å². The van der Waals surface area contributed by atoms with Gasteiger partial charge < -0.3 is 14.7 Å². The number of nitrogens with zero attached hydrogens (tertiary/aromatic N) is 1. The lowest BCUT2D eigenvalue weighted by atomic mass is 9.82. The fourth-order valence-corrected chi connectivity index (χ4v) is 4.18. The molecule has 0 amide bonds. The first-order valence-electron chi connectivity index (χ1n) is 12.2. The second-order valence-electron chi connectivity index (χ2n) is 9.08. The summed E-state index contributed by atoms with van der Waals surface area (Å²) < 4.78 is 5.96. The summed E-state index contributed by atoms with van der Waals surface area (Å²) in [5, 5.41) is 11.9. The number of likely N-dealkylation sites (N-methyl/N-ethyl adjacent to an activating group) is 1. The van der Waals surface area contributed by atoms with Crippen LogP contribution in [-0.2, 0) is 18.4 Å². The van der Waals surface area contributed by atoms with Crippen LogP contribution in [0.2, 0.25) is 0 Å². The smallest absolute Gasteiger partial charge is 0.119 e. The zero-order valence-electron chi connectivity index (χ0n) is 20.7. The average Bonchev–Trinajstić information content (AvgIpc) is 2.83. The van der Waals surface area contributed by atoms with E-state index in [-0.39, 0.29) is 0 Å². The van der Waals surface area contributed by atoms with Crippen LogP contribution in [0.25, 0.3) is 0 Å². The zero-order valence-corrected chi connectivity index (χ0v) is 20.7. The van der Waals surface area contributed by atoms with E-state index in [4.69, 9.17) is 4.74 Å². The van der Waals surface area contributed by atoms with E-state index in [0.717, 1.165) is 42.9 Å². The van der Waals surface area contributed by atoms with Crippen molar-refractivity contribution >= 4 is 0 Å². The van der Waals surface area contributed by atoms with Gasteiger partial charge in [0.2, 0.25) is 0 Å². The largest absolute Gasteiger partial charge is 0.492 e. The van der Waals surface area contributed by atoms with Crippen molar-refractivity contribution in [3.8, 4) is 5.75 Å². The molecule has 3 nitrogen and oxygen atoms in total. The van der Waals surface area contributed by atoms with Crippen LogP contribution in [0.1, 0.15) is 48.1 Å². The van der Waals surface area contributed by atoms with Gasteiger partial charge in [-0.2, -0.15) is 0 Å². The predicted molar refractivity (Wildman–Crippen MR) is 138 cm³/mol. The maximum Gasteiger partial charge on any atom is 0.119 e. The van der Waals surface area contributed by atoms with Gasteiger partial charge in [-0.25, -0.2) is 0 Å². The van der Waals surface area contributed by atoms with Crippen molar-refractivity contribution in [3.63, 3.8) is 0 Å². The highest BCUT2D eigenvalue weighted by Gasteiger charge is 2.29. The van der Waals surface area contributed by atoms with Crippen molar-refractivity contribution in [3.05, 3.63) is 101 Å². The fourth-order valence-electron chi connectivity index (χ4n) is 4.18. The number of aliphatic hydroxyl groups is 1. The molecule has 1 unspecified atom stereocenters. The number of benzene rings is 3. The number of ether oxygens (including phenoxy) is 1. The summed E-state index contributed by atoms with van der Waals surface area (Å²) >= 11 is 0. The monoisotopic (exact) mass is 445 g/mol. The Balaban J connectivity index is 1.74. The van der Waals surface area contributed by atoms with E-state index in [1.165, 1.54) is 16.7 Å². The molecular formula is C30H39NO2. The van der Waals surface area contributed by atoms with Gasteiger partial charge in [-0.05, 0) is 68.6 Å². The molecule has 33 heavy (non-hydrogen) atoms. The minimum Gasteiger partial charge on any atom is -0.492 e. The normalized spacial score (nSPS) is 13.2. The SMILES string of the molecule is CCN(CC)CCOc1ccc(C(O)(CCc2ccc(C)cc2)Cc2ccc(C)cc2)cc1. The molecular weight excluding hydrogens is 406 g/mol. The maximum absolute atomic E-state index is 11.9. The van der Waals surface area contributed by atoms with E-state index in [1.54, 1.807) is 0 Å². The summed E-state index contributed by atoms with van der Waals surface area (Å²) in [7, 11) is 0. The Bertz CT molecular complexity index is 960. The Labute approximate surface area is 200 Å². The van der Waals surface area contributed by atoms with Crippen LogP contribution < -0.4 is 4.74 Å². The standard InChI is InChI=1S/C30H39NO2/c1-5-31(6-2)21-22-33-29-17-15-28(16-18-29)30(32,23-27-13-9-25(4)10-14-27)20-19-26-11-7-24(3)8-12-26/h7-18,32H,5-6,19-23H2,1-4H3. The highest BCUT2D eigenvalue weighted by atomic mass is 16.5. The quantitative estimate of drug-likeness (QED) is 0.366. The molecule has 0 aromatic heterocycles. The van der Waals surface area contributed by atoms with Crippen LogP contribution in [-0.4, -0.2) is 36.2 Å². The van der Waals surface area contributed by atoms with Crippen LogP contribution >= 0.6 is 0 Å². The molecule has 3 aromatic carbocycles. The third-order valence-corrected chi connectivity index (χ3v) is 6.53. The van der Waals surface area contributed by atoms with Crippen molar-refractivity contribution in [2.75, 3.05) is 26.2 Å². The van der Waals surface area contributed by atoms with E-state index in [1.807, 2.05) is 24.3 Å². The first kappa shape index (κ1) is 25.0. The Hall–Kier alpha value is -2.62. The lowest BCUT2D eigenvalue weighted by Crippen LogP contribution is -2.29. The average molecular weight is 446 g/mol. The van der Waals surface area contributed by atoms with Crippen molar-refractivity contribution in [1.29, 1.82) is 0 Å². The fraction of sp³-hybridized carbons (Fsp3) is 0.400. The summed E-state index contributed by atoms with van der Waals surface area (Å²) in [6.07, 6.45) is 2.07. The Kier molecular flexibility index (Phi) is 9.11. The van der Waals surface area contributed by atoms with Gasteiger partial charge in [0.25, 0.3) is 0 Å². The van der Waals surface area contributed by atoms with Crippen LogP contribution in [0.4, 0.5) is 0 Å². The molecule has 0 heterocycles. The molecule has 0 saturated carbocycles. The molecule has 1 N–H and O–H groups in total. The lowest BCUT2D eigenvalue weighted by Gasteiger charge is -2.29. The Morgan fingerprint density at radius 1 is 0.758 bits per heavy atom. The van der Waals surface area contributed by atoms with Crippen LogP contribution in [0.15, 0.2) is 72.8 Å². The number of hydrogen-bond acceptors (Lipinski definition) is 3. The van der Waals surface area contributed by atoms with Crippen molar-refractivity contribution in [1.82, 2.24) is 4.90 Å². The third kappa shape index (κ3) is 7.45. The van der Waals surface area contributed by atoms with E-state index in [2.05, 4.69) is 81.1 Å². The first-order valence-corrected chi connectivity index (χ1v) is 12.2. The van der Waals surface area contributed by atoms with Gasteiger partial charge in [-0.1, -0.05) is 85.6 Å². The van der Waals surface area contributed by atoms with E-state index < -0.39 is 5.60 Å². The number of hydrogen-bond donors (Lipinski definition) is 1. The molecule has 0 aliphatic rings. The second kappa shape index (κ2) is 12.0. The molecule has 0 aliphatic heterocycles. The number of rotatable bonds is 12. The van der Waals surface area contributed by atoms with Gasteiger partial charge >= 0.3 is 0 Å². The molecule has 176 valence electrons. The minimum atomic E-state index is -0.945. The van der Waals surface area contributed by atoms with Gasteiger partial charge in [0.05, 0.1) is 5.60 Å². The minimum absolute atomic E-state index is 0.585. The van der Waals surface area contributed by atoms with Gasteiger partial charge in [0.15, 0.2) is 0 Å². The highest BCUT2D eigenvalue weighted by Crippen LogP contribution is 2.32. The van der Waals surface area contributed by atoms with Gasteiger partial charge in [0, 0.05) is 13.0 Å². The number of aryl methyl sites for hydroxylation is 3. The Morgan fingerprint density at radius 3 is 1.85 bits per heavy atom. The molecule has 0 fully saturated rings. The summed E-state index contributed by atoms with van der Waals surface area (Å²) in [6.45, 7) is 12.2. The zero-order chi connectivity index (χ0) is 23.7. The van der Waals surface area contributed by atoms with E-state index in [0.29, 0.717) is 19.4 Å². The van der Waals surface area contributed by atoms with Crippen LogP contribution in [0, 0.1) is 13.8 Å². The summed E-state index contributed by atoms with van der Waals surface area (Å²) in [5.41, 5.74) is 4.87. The van der Waals surface area contributed by atoms with E-state index in [9.17, 15) is 5.11 Å². The molecule has 0 radical (unpaired) electrons. The summed E-state index contributed by atoms with van der Waals surface area (Å²) in [5.74, 6) is 0.849. The van der Waals surface area contributed by atoms with Crippen molar-refractivity contribution < 1.29 is 9.84 Å². The second-order valence-corrected chi connectivity index (χ2v) is 9.08. The molecule has 0 spiro atoms. The third-order valence-electron chi connectivity index (χ3n) is 6.53. The first-order chi connectivity index (χ1) is 15.9. The summed E-state index contributed by atoms with van der Waals surface area (Å²) in [4.78, 5) is 2.35. The molecule has 0 aliphatic carbocycles. The molecule has 0 bridgehead atoms. The molecule has 3 rings (SSSR count). The van der Waals surface area contributed by atoms with E-state index >= 15 is 0 Å². The highest BCUT2D eigenvalue weighted by molar-refractivity contribution is 5.34. The van der Waals surface area contributed by atoms with Crippen LogP contribution in [0.3, 0.4) is 0 Å². The summed E-state index contributed by atoms with van der Waals surface area (Å²) in [6, 6.07) is 25.1.